The number of amides is 1. The van der Waals surface area contributed by atoms with Crippen molar-refractivity contribution in [1.82, 2.24) is 14.7 Å². The van der Waals surface area contributed by atoms with Crippen molar-refractivity contribution >= 4 is 17.3 Å². The molecule has 2 aliphatic rings. The van der Waals surface area contributed by atoms with Crippen LogP contribution in [0.15, 0.2) is 30.6 Å². The Kier molecular flexibility index (Phi) is 4.99. The Balaban J connectivity index is 1.65. The Labute approximate surface area is 162 Å². The lowest BCUT2D eigenvalue weighted by atomic mass is 10.1. The highest BCUT2D eigenvalue weighted by Gasteiger charge is 2.32. The lowest BCUT2D eigenvalue weighted by Crippen LogP contribution is -2.40. The van der Waals surface area contributed by atoms with Crippen LogP contribution in [0.5, 0.6) is 0 Å². The molecule has 1 aromatic carbocycles. The number of aromatic nitrogens is 2. The van der Waals surface area contributed by atoms with Crippen molar-refractivity contribution in [1.29, 1.82) is 0 Å². The van der Waals surface area contributed by atoms with Gasteiger partial charge in [-0.05, 0) is 25.0 Å². The minimum atomic E-state index is -0.399. The molecule has 148 valence electrons. The minimum absolute atomic E-state index is 0.0325. The van der Waals surface area contributed by atoms with Gasteiger partial charge in [0, 0.05) is 50.1 Å². The Morgan fingerprint density at radius 2 is 2.07 bits per heavy atom. The maximum absolute atomic E-state index is 12.7. The maximum Gasteiger partial charge on any atom is 0.293 e. The van der Waals surface area contributed by atoms with Crippen LogP contribution < -0.4 is 4.90 Å². The van der Waals surface area contributed by atoms with Gasteiger partial charge in [-0.3, -0.25) is 19.6 Å². The third-order valence-electron chi connectivity index (χ3n) is 5.39. The molecule has 0 N–H and O–H groups in total. The zero-order valence-electron chi connectivity index (χ0n) is 15.8. The molecule has 0 aliphatic carbocycles. The molecule has 1 aromatic heterocycles. The fourth-order valence-corrected chi connectivity index (χ4v) is 4.01. The van der Waals surface area contributed by atoms with Gasteiger partial charge in [0.05, 0.1) is 30.4 Å². The highest BCUT2D eigenvalue weighted by atomic mass is 16.6. The van der Waals surface area contributed by atoms with Crippen LogP contribution >= 0.6 is 0 Å². The van der Waals surface area contributed by atoms with Crippen molar-refractivity contribution in [2.24, 2.45) is 7.05 Å². The Morgan fingerprint density at radius 3 is 2.75 bits per heavy atom. The van der Waals surface area contributed by atoms with Crippen molar-refractivity contribution in [3.05, 3.63) is 51.8 Å². The minimum Gasteiger partial charge on any atom is -0.378 e. The van der Waals surface area contributed by atoms with E-state index in [2.05, 4.69) is 10.00 Å². The molecule has 0 radical (unpaired) electrons. The number of ether oxygens (including phenoxy) is 1. The molecule has 1 amide bonds. The van der Waals surface area contributed by atoms with E-state index in [1.165, 1.54) is 6.07 Å². The molecule has 0 spiro atoms. The number of morpholine rings is 1. The van der Waals surface area contributed by atoms with Crippen molar-refractivity contribution in [3.63, 3.8) is 0 Å². The average Bonchev–Trinajstić information content (AvgIpc) is 3.36. The molecular weight excluding hydrogens is 362 g/mol. The third-order valence-corrected chi connectivity index (χ3v) is 5.39. The summed E-state index contributed by atoms with van der Waals surface area (Å²) in [5, 5.41) is 16.0. The van der Waals surface area contributed by atoms with Crippen LogP contribution in [0.2, 0.25) is 0 Å². The van der Waals surface area contributed by atoms with Crippen LogP contribution in [0.4, 0.5) is 11.4 Å². The Hall–Kier alpha value is -2.94. The predicted molar refractivity (Wildman–Crippen MR) is 102 cm³/mol. The predicted octanol–water partition coefficient (Wildman–Crippen LogP) is 2.14. The summed E-state index contributed by atoms with van der Waals surface area (Å²) in [5.74, 6) is -0.191. The fourth-order valence-electron chi connectivity index (χ4n) is 4.01. The summed E-state index contributed by atoms with van der Waals surface area (Å²) in [5.41, 5.74) is 1.90. The Morgan fingerprint density at radius 1 is 1.29 bits per heavy atom. The number of nitrogens with zero attached hydrogens (tertiary/aromatic N) is 5. The van der Waals surface area contributed by atoms with Crippen LogP contribution in [0, 0.1) is 10.1 Å². The van der Waals surface area contributed by atoms with Gasteiger partial charge in [-0.1, -0.05) is 0 Å². The Bertz CT molecular complexity index is 890. The summed E-state index contributed by atoms with van der Waals surface area (Å²) < 4.78 is 7.01. The second-order valence-corrected chi connectivity index (χ2v) is 7.16. The number of hydrogen-bond donors (Lipinski definition) is 0. The zero-order valence-corrected chi connectivity index (χ0v) is 15.8. The van der Waals surface area contributed by atoms with Crippen molar-refractivity contribution < 1.29 is 14.5 Å². The van der Waals surface area contributed by atoms with Gasteiger partial charge in [0.15, 0.2) is 0 Å². The van der Waals surface area contributed by atoms with Crippen LogP contribution in [0.1, 0.15) is 34.8 Å². The molecule has 3 heterocycles. The van der Waals surface area contributed by atoms with E-state index in [1.807, 2.05) is 19.4 Å². The van der Waals surface area contributed by atoms with E-state index in [0.717, 1.165) is 24.9 Å². The summed E-state index contributed by atoms with van der Waals surface area (Å²) in [6.07, 6.45) is 5.62. The van der Waals surface area contributed by atoms with E-state index in [-0.39, 0.29) is 17.6 Å². The van der Waals surface area contributed by atoms with Crippen LogP contribution in [0.25, 0.3) is 0 Å². The molecule has 9 nitrogen and oxygen atoms in total. The second-order valence-electron chi connectivity index (χ2n) is 7.16. The molecule has 1 unspecified atom stereocenters. The first-order valence-corrected chi connectivity index (χ1v) is 9.45. The second kappa shape index (κ2) is 7.59. The normalized spacial score (nSPS) is 19.8. The molecule has 0 bridgehead atoms. The number of nitro groups is 1. The summed E-state index contributed by atoms with van der Waals surface area (Å²) in [4.78, 5) is 27.8. The summed E-state index contributed by atoms with van der Waals surface area (Å²) in [6.45, 7) is 2.73. The number of aryl methyl sites for hydroxylation is 1. The monoisotopic (exact) mass is 385 g/mol. The molecule has 0 saturated carbocycles. The molecule has 2 fully saturated rings. The zero-order chi connectivity index (χ0) is 19.7. The molecule has 1 atom stereocenters. The smallest absolute Gasteiger partial charge is 0.293 e. The lowest BCUT2D eigenvalue weighted by molar-refractivity contribution is -0.384. The van der Waals surface area contributed by atoms with Crippen LogP contribution in [-0.4, -0.2) is 58.4 Å². The third kappa shape index (κ3) is 3.45. The molecular formula is C19H23N5O4. The topological polar surface area (TPSA) is 93.7 Å². The first-order valence-electron chi connectivity index (χ1n) is 9.45. The van der Waals surface area contributed by atoms with Gasteiger partial charge in [0.1, 0.15) is 5.69 Å². The van der Waals surface area contributed by atoms with Gasteiger partial charge in [-0.25, -0.2) is 0 Å². The standard InChI is InChI=1S/C19H23N5O4/c1-21-13-15(12-20-21)16-3-2-6-23(16)17-5-4-14(11-18(17)24(26)27)19(25)22-7-9-28-10-8-22/h4-5,11-13,16H,2-3,6-10H2,1H3. The van der Waals surface area contributed by atoms with Gasteiger partial charge in [0.2, 0.25) is 0 Å². The number of anilines is 1. The number of rotatable bonds is 4. The average molecular weight is 385 g/mol. The fraction of sp³-hybridized carbons (Fsp3) is 0.474. The van der Waals surface area contributed by atoms with E-state index < -0.39 is 4.92 Å². The van der Waals surface area contributed by atoms with Crippen LogP contribution in [-0.2, 0) is 11.8 Å². The summed E-state index contributed by atoms with van der Waals surface area (Å²) in [6, 6.07) is 4.86. The number of benzene rings is 1. The maximum atomic E-state index is 12.7. The van der Waals surface area contributed by atoms with Crippen molar-refractivity contribution in [3.8, 4) is 0 Å². The first kappa shape index (κ1) is 18.4. The van der Waals surface area contributed by atoms with Gasteiger partial charge in [-0.2, -0.15) is 5.10 Å². The van der Waals surface area contributed by atoms with E-state index >= 15 is 0 Å². The molecule has 4 rings (SSSR count). The molecule has 28 heavy (non-hydrogen) atoms. The summed E-state index contributed by atoms with van der Waals surface area (Å²) in [7, 11) is 1.86. The number of hydrogen-bond acceptors (Lipinski definition) is 6. The first-order chi connectivity index (χ1) is 13.5. The van der Waals surface area contributed by atoms with Gasteiger partial charge >= 0.3 is 0 Å². The highest BCUT2D eigenvalue weighted by molar-refractivity contribution is 5.96. The van der Waals surface area contributed by atoms with E-state index in [1.54, 1.807) is 21.7 Å². The number of nitro benzene ring substituents is 1. The van der Waals surface area contributed by atoms with Crippen molar-refractivity contribution in [2.75, 3.05) is 37.7 Å². The van der Waals surface area contributed by atoms with Gasteiger partial charge in [-0.15, -0.1) is 0 Å². The number of carbonyl (C=O) groups is 1. The largest absolute Gasteiger partial charge is 0.378 e. The highest BCUT2D eigenvalue weighted by Crippen LogP contribution is 2.40. The molecule has 2 aliphatic heterocycles. The van der Waals surface area contributed by atoms with Crippen LogP contribution in [0.3, 0.4) is 0 Å². The molecule has 9 heteroatoms. The van der Waals surface area contributed by atoms with E-state index in [4.69, 9.17) is 4.74 Å². The number of carbonyl (C=O) groups excluding carboxylic acids is 1. The SMILES string of the molecule is Cn1cc(C2CCCN2c2ccc(C(=O)N3CCOCC3)cc2[N+](=O)[O-])cn1. The quantitative estimate of drug-likeness (QED) is 0.591. The van der Waals surface area contributed by atoms with Crippen molar-refractivity contribution in [2.45, 2.75) is 18.9 Å². The van der Waals surface area contributed by atoms with Gasteiger partial charge in [0.25, 0.3) is 11.6 Å². The van der Waals surface area contributed by atoms with Gasteiger partial charge < -0.3 is 14.5 Å². The van der Waals surface area contributed by atoms with E-state index in [0.29, 0.717) is 37.6 Å². The summed E-state index contributed by atoms with van der Waals surface area (Å²) >= 11 is 0. The van der Waals surface area contributed by atoms with E-state index in [9.17, 15) is 14.9 Å². The lowest BCUT2D eigenvalue weighted by Gasteiger charge is -2.28. The molecule has 2 saturated heterocycles. The molecule has 2 aromatic rings.